The van der Waals surface area contributed by atoms with Crippen LogP contribution in [0.4, 0.5) is 0 Å². The lowest BCUT2D eigenvalue weighted by molar-refractivity contribution is 1.18. The third-order valence-corrected chi connectivity index (χ3v) is 11.2. The SMILES string of the molecule is c1ccc(-c2cc(-c3ccc4sc5ccccc5c4c3)cc(-c3cc(-c4ccc(-c5ccc6ccccc6c5)cc4)nc(-c4ccccc4)n3)c2)cc1. The minimum atomic E-state index is 0.703. The Morgan fingerprint density at radius 3 is 1.60 bits per heavy atom. The lowest BCUT2D eigenvalue weighted by Gasteiger charge is -2.14. The molecule has 0 aliphatic rings. The summed E-state index contributed by atoms with van der Waals surface area (Å²) >= 11 is 1.85. The van der Waals surface area contributed by atoms with Gasteiger partial charge in [0.1, 0.15) is 0 Å². The van der Waals surface area contributed by atoms with Gasteiger partial charge in [-0.3, -0.25) is 0 Å². The average molecular weight is 693 g/mol. The molecule has 10 rings (SSSR count). The van der Waals surface area contributed by atoms with Crippen molar-refractivity contribution in [1.29, 1.82) is 0 Å². The van der Waals surface area contributed by atoms with Crippen LogP contribution in [0, 0.1) is 0 Å². The summed E-state index contributed by atoms with van der Waals surface area (Å²) in [5.74, 6) is 0.703. The van der Waals surface area contributed by atoms with Gasteiger partial charge in [-0.2, -0.15) is 0 Å². The van der Waals surface area contributed by atoms with Crippen molar-refractivity contribution in [2.45, 2.75) is 0 Å². The summed E-state index contributed by atoms with van der Waals surface area (Å²) in [7, 11) is 0. The third-order valence-electron chi connectivity index (χ3n) is 10.1. The summed E-state index contributed by atoms with van der Waals surface area (Å²) in [5, 5.41) is 5.07. The Hall–Kier alpha value is -6.68. The van der Waals surface area contributed by atoms with Crippen LogP contribution in [0.2, 0.25) is 0 Å². The van der Waals surface area contributed by atoms with Crippen molar-refractivity contribution in [1.82, 2.24) is 9.97 Å². The molecule has 2 nitrogen and oxygen atoms in total. The fraction of sp³-hybridized carbons (Fsp3) is 0. The summed E-state index contributed by atoms with van der Waals surface area (Å²) in [5.41, 5.74) is 11.9. The summed E-state index contributed by atoms with van der Waals surface area (Å²) in [6, 6.07) is 69.3. The molecule has 2 heterocycles. The zero-order chi connectivity index (χ0) is 35.1. The molecule has 0 aliphatic heterocycles. The largest absolute Gasteiger partial charge is 0.228 e. The van der Waals surface area contributed by atoms with Crippen LogP contribution >= 0.6 is 11.3 Å². The van der Waals surface area contributed by atoms with Crippen LogP contribution in [-0.4, -0.2) is 9.97 Å². The number of hydrogen-bond donors (Lipinski definition) is 0. The van der Waals surface area contributed by atoms with E-state index in [2.05, 4.69) is 176 Å². The molecule has 53 heavy (non-hydrogen) atoms. The van der Waals surface area contributed by atoms with Gasteiger partial charge in [0.15, 0.2) is 5.82 Å². The van der Waals surface area contributed by atoms with Crippen molar-refractivity contribution in [3.63, 3.8) is 0 Å². The maximum absolute atomic E-state index is 5.24. The van der Waals surface area contributed by atoms with Crippen molar-refractivity contribution in [3.05, 3.63) is 194 Å². The first-order valence-electron chi connectivity index (χ1n) is 17.9. The van der Waals surface area contributed by atoms with Crippen LogP contribution in [-0.2, 0) is 0 Å². The smallest absolute Gasteiger partial charge is 0.160 e. The van der Waals surface area contributed by atoms with E-state index in [4.69, 9.17) is 9.97 Å². The molecule has 0 amide bonds. The van der Waals surface area contributed by atoms with E-state index in [1.54, 1.807) is 0 Å². The van der Waals surface area contributed by atoms with E-state index in [9.17, 15) is 0 Å². The van der Waals surface area contributed by atoms with Gasteiger partial charge < -0.3 is 0 Å². The number of benzene rings is 8. The Balaban J connectivity index is 1.12. The number of aromatic nitrogens is 2. The summed E-state index contributed by atoms with van der Waals surface area (Å²) < 4.78 is 2.61. The molecule has 0 radical (unpaired) electrons. The van der Waals surface area contributed by atoms with Crippen molar-refractivity contribution in [2.75, 3.05) is 0 Å². The van der Waals surface area contributed by atoms with Gasteiger partial charge in [-0.25, -0.2) is 9.97 Å². The van der Waals surface area contributed by atoms with E-state index in [-0.39, 0.29) is 0 Å². The van der Waals surface area contributed by atoms with Crippen LogP contribution in [0.5, 0.6) is 0 Å². The highest BCUT2D eigenvalue weighted by molar-refractivity contribution is 7.25. The number of fused-ring (bicyclic) bond motifs is 4. The molecule has 0 N–H and O–H groups in total. The van der Waals surface area contributed by atoms with Gasteiger partial charge in [0, 0.05) is 36.9 Å². The average Bonchev–Trinajstić information content (AvgIpc) is 3.62. The molecule has 10 aromatic rings. The van der Waals surface area contributed by atoms with Crippen LogP contribution in [0.25, 0.3) is 98.2 Å². The molecule has 0 fully saturated rings. The molecule has 0 atom stereocenters. The Kier molecular flexibility index (Phi) is 7.71. The number of rotatable bonds is 6. The van der Waals surface area contributed by atoms with Gasteiger partial charge in [-0.1, -0.05) is 146 Å². The van der Waals surface area contributed by atoms with Gasteiger partial charge in [0.25, 0.3) is 0 Å². The standard InChI is InChI=1S/C50H32N2S/c1-3-11-33(12-4-1)41-28-42(40-25-26-49-45(31-40)44-17-9-10-18-48(44)53-49)30-43(29-41)47-32-46(51-50(52-47)37-14-5-2-6-15-37)36-22-19-35(20-23-36)39-24-21-34-13-7-8-16-38(34)27-39/h1-32H. The molecule has 8 aromatic carbocycles. The number of hydrogen-bond acceptors (Lipinski definition) is 3. The molecular formula is C50H32N2S. The lowest BCUT2D eigenvalue weighted by atomic mass is 9.94. The summed E-state index contributed by atoms with van der Waals surface area (Å²) in [4.78, 5) is 10.4. The predicted octanol–water partition coefficient (Wildman–Crippen LogP) is 14.0. The fourth-order valence-corrected chi connectivity index (χ4v) is 8.39. The molecule has 0 aliphatic carbocycles. The van der Waals surface area contributed by atoms with Gasteiger partial charge in [-0.05, 0) is 92.7 Å². The van der Waals surface area contributed by atoms with Crippen molar-refractivity contribution in [2.24, 2.45) is 0 Å². The second-order valence-corrected chi connectivity index (χ2v) is 14.5. The van der Waals surface area contributed by atoms with Crippen LogP contribution in [0.1, 0.15) is 0 Å². The monoisotopic (exact) mass is 692 g/mol. The van der Waals surface area contributed by atoms with Gasteiger partial charge in [0.05, 0.1) is 11.4 Å². The van der Waals surface area contributed by atoms with Crippen molar-refractivity contribution < 1.29 is 0 Å². The molecule has 3 heteroatoms. The highest BCUT2D eigenvalue weighted by Gasteiger charge is 2.15. The minimum Gasteiger partial charge on any atom is -0.228 e. The quantitative estimate of drug-likeness (QED) is 0.173. The van der Waals surface area contributed by atoms with Gasteiger partial charge in [-0.15, -0.1) is 11.3 Å². The first-order valence-corrected chi connectivity index (χ1v) is 18.7. The maximum atomic E-state index is 5.24. The zero-order valence-electron chi connectivity index (χ0n) is 28.8. The Morgan fingerprint density at radius 1 is 0.283 bits per heavy atom. The fourth-order valence-electron chi connectivity index (χ4n) is 7.31. The molecule has 2 aromatic heterocycles. The molecule has 0 spiro atoms. The summed E-state index contributed by atoms with van der Waals surface area (Å²) in [6.07, 6.45) is 0. The molecule has 0 saturated heterocycles. The number of nitrogens with zero attached hydrogens (tertiary/aromatic N) is 2. The van der Waals surface area contributed by atoms with E-state index in [1.807, 2.05) is 29.5 Å². The Bertz CT molecular complexity index is 2930. The minimum absolute atomic E-state index is 0.703. The predicted molar refractivity (Wildman–Crippen MR) is 225 cm³/mol. The van der Waals surface area contributed by atoms with E-state index >= 15 is 0 Å². The van der Waals surface area contributed by atoms with E-state index < -0.39 is 0 Å². The lowest BCUT2D eigenvalue weighted by Crippen LogP contribution is -1.96. The first-order chi connectivity index (χ1) is 26.2. The van der Waals surface area contributed by atoms with E-state index in [0.29, 0.717) is 5.82 Å². The van der Waals surface area contributed by atoms with E-state index in [1.165, 1.54) is 53.2 Å². The van der Waals surface area contributed by atoms with Gasteiger partial charge in [0.2, 0.25) is 0 Å². The highest BCUT2D eigenvalue weighted by Crippen LogP contribution is 2.39. The molecule has 0 saturated carbocycles. The van der Waals surface area contributed by atoms with Crippen LogP contribution < -0.4 is 0 Å². The third kappa shape index (κ3) is 5.97. The second-order valence-electron chi connectivity index (χ2n) is 13.4. The highest BCUT2D eigenvalue weighted by atomic mass is 32.1. The Morgan fingerprint density at radius 2 is 0.811 bits per heavy atom. The molecular weight excluding hydrogens is 661 g/mol. The maximum Gasteiger partial charge on any atom is 0.160 e. The van der Waals surface area contributed by atoms with Gasteiger partial charge >= 0.3 is 0 Å². The molecule has 0 bridgehead atoms. The molecule has 0 unspecified atom stereocenters. The topological polar surface area (TPSA) is 25.8 Å². The van der Waals surface area contributed by atoms with Crippen LogP contribution in [0.3, 0.4) is 0 Å². The van der Waals surface area contributed by atoms with E-state index in [0.717, 1.165) is 39.2 Å². The number of thiophene rings is 1. The van der Waals surface area contributed by atoms with Crippen molar-refractivity contribution in [3.8, 4) is 67.3 Å². The zero-order valence-corrected chi connectivity index (χ0v) is 29.6. The molecule has 248 valence electrons. The summed E-state index contributed by atoms with van der Waals surface area (Å²) in [6.45, 7) is 0. The normalized spacial score (nSPS) is 11.4. The van der Waals surface area contributed by atoms with Crippen molar-refractivity contribution >= 4 is 42.3 Å². The second kappa shape index (κ2) is 13.1. The Labute approximate surface area is 312 Å². The first kappa shape index (κ1) is 31.1. The van der Waals surface area contributed by atoms with Crippen LogP contribution in [0.15, 0.2) is 194 Å².